The molecule has 11 heavy (non-hydrogen) atoms. The third-order valence-corrected chi connectivity index (χ3v) is 1.78. The minimum absolute atomic E-state index is 0.671. The summed E-state index contributed by atoms with van der Waals surface area (Å²) in [6, 6.07) is 8.16. The smallest absolute Gasteiger partial charge is 0.110 e. The van der Waals surface area contributed by atoms with Crippen molar-refractivity contribution in [3.8, 4) is 0 Å². The van der Waals surface area contributed by atoms with Crippen molar-refractivity contribution in [2.45, 2.75) is 6.61 Å². The first-order valence-corrected chi connectivity index (χ1v) is 4.25. The van der Waals surface area contributed by atoms with E-state index >= 15 is 0 Å². The second-order valence-electron chi connectivity index (χ2n) is 2.20. The Morgan fingerprint density at radius 1 is 1.36 bits per heavy atom. The lowest BCUT2D eigenvalue weighted by atomic mass is 10.2. The fourth-order valence-electron chi connectivity index (χ4n) is 0.831. The van der Waals surface area contributed by atoms with Gasteiger partial charge in [-0.05, 0) is 17.7 Å². The Morgan fingerprint density at radius 3 is 2.45 bits per heavy atom. The Bertz CT molecular complexity index is 210. The van der Waals surface area contributed by atoms with Crippen molar-refractivity contribution in [1.29, 1.82) is 0 Å². The monoisotopic (exact) mass is 263 g/mol. The molecule has 3 heteroatoms. The van der Waals surface area contributed by atoms with Crippen LogP contribution in [0.15, 0.2) is 24.3 Å². The van der Waals surface area contributed by atoms with E-state index in [1.165, 1.54) is 5.56 Å². The second-order valence-corrected chi connectivity index (χ2v) is 2.82. The highest BCUT2D eigenvalue weighted by molar-refractivity contribution is 14.1. The van der Waals surface area contributed by atoms with Crippen molar-refractivity contribution in [1.82, 2.24) is 0 Å². The predicted octanol–water partition coefficient (Wildman–Crippen LogP) is 2.59. The first kappa shape index (κ1) is 8.80. The molecule has 0 spiro atoms. The van der Waals surface area contributed by atoms with Crippen molar-refractivity contribution in [3.63, 3.8) is 0 Å². The summed E-state index contributed by atoms with van der Waals surface area (Å²) in [5.41, 5.74) is 2.32. The van der Waals surface area contributed by atoms with E-state index in [-0.39, 0.29) is 0 Å². The molecular weight excluding hydrogens is 253 g/mol. The van der Waals surface area contributed by atoms with Gasteiger partial charge in [0, 0.05) is 12.7 Å². The summed E-state index contributed by atoms with van der Waals surface area (Å²) in [6.45, 7) is 0.671. The van der Waals surface area contributed by atoms with Crippen LogP contribution >= 0.6 is 23.0 Å². The highest BCUT2D eigenvalue weighted by Gasteiger charge is 1.91. The van der Waals surface area contributed by atoms with E-state index in [0.29, 0.717) is 6.61 Å². The van der Waals surface area contributed by atoms with Crippen molar-refractivity contribution >= 4 is 28.7 Å². The SMILES string of the molecule is CNc1ccc(COI)cc1. The molecule has 0 heterocycles. The number of nitrogens with one attached hydrogen (secondary N) is 1. The summed E-state index contributed by atoms with van der Waals surface area (Å²) >= 11 is 1.89. The molecule has 1 aromatic rings. The number of anilines is 1. The first-order chi connectivity index (χ1) is 5.36. The van der Waals surface area contributed by atoms with Crippen LogP contribution in [0.5, 0.6) is 0 Å². The molecule has 60 valence electrons. The lowest BCUT2D eigenvalue weighted by Crippen LogP contribution is -1.88. The van der Waals surface area contributed by atoms with E-state index in [0.717, 1.165) is 5.69 Å². The zero-order valence-electron chi connectivity index (χ0n) is 6.30. The summed E-state index contributed by atoms with van der Waals surface area (Å²) in [6.07, 6.45) is 0. The number of rotatable bonds is 3. The fourth-order valence-corrected chi connectivity index (χ4v) is 1.19. The van der Waals surface area contributed by atoms with Crippen LogP contribution in [0.4, 0.5) is 5.69 Å². The lowest BCUT2D eigenvalue weighted by molar-refractivity contribution is 0.418. The van der Waals surface area contributed by atoms with Crippen LogP contribution < -0.4 is 5.32 Å². The molecule has 0 aromatic heterocycles. The van der Waals surface area contributed by atoms with Gasteiger partial charge in [-0.25, -0.2) is 0 Å². The third-order valence-electron chi connectivity index (χ3n) is 1.46. The van der Waals surface area contributed by atoms with E-state index in [1.54, 1.807) is 0 Å². The molecule has 0 amide bonds. The molecule has 1 N–H and O–H groups in total. The van der Waals surface area contributed by atoms with Gasteiger partial charge in [0.2, 0.25) is 0 Å². The minimum atomic E-state index is 0.671. The van der Waals surface area contributed by atoms with Gasteiger partial charge in [-0.2, -0.15) is 0 Å². The largest absolute Gasteiger partial charge is 0.388 e. The maximum absolute atomic E-state index is 4.95. The average Bonchev–Trinajstić information content (AvgIpc) is 2.07. The Balaban J connectivity index is 2.66. The van der Waals surface area contributed by atoms with Gasteiger partial charge < -0.3 is 8.38 Å². The van der Waals surface area contributed by atoms with Gasteiger partial charge in [0.15, 0.2) is 0 Å². The van der Waals surface area contributed by atoms with E-state index in [9.17, 15) is 0 Å². The van der Waals surface area contributed by atoms with Gasteiger partial charge in [0.25, 0.3) is 0 Å². The van der Waals surface area contributed by atoms with Gasteiger partial charge >= 0.3 is 0 Å². The zero-order valence-corrected chi connectivity index (χ0v) is 8.46. The molecule has 0 aliphatic rings. The summed E-state index contributed by atoms with van der Waals surface area (Å²) in [7, 11) is 1.91. The normalized spacial score (nSPS) is 9.64. The maximum Gasteiger partial charge on any atom is 0.110 e. The molecule has 0 bridgehead atoms. The molecule has 0 unspecified atom stereocenters. The number of benzene rings is 1. The van der Waals surface area contributed by atoms with Gasteiger partial charge in [-0.3, -0.25) is 0 Å². The topological polar surface area (TPSA) is 21.3 Å². The van der Waals surface area contributed by atoms with E-state index < -0.39 is 0 Å². The number of hydrogen-bond acceptors (Lipinski definition) is 2. The molecule has 0 radical (unpaired) electrons. The Labute approximate surface area is 80.6 Å². The standard InChI is InChI=1S/C8H10INO/c1-10-8-4-2-7(3-5-8)6-11-9/h2-5,10H,6H2,1H3. The van der Waals surface area contributed by atoms with Crippen molar-refractivity contribution < 1.29 is 3.07 Å². The lowest BCUT2D eigenvalue weighted by Gasteiger charge is -2.00. The Hall–Kier alpha value is -0.290. The van der Waals surface area contributed by atoms with Crippen molar-refractivity contribution in [2.75, 3.05) is 12.4 Å². The summed E-state index contributed by atoms with van der Waals surface area (Å²) < 4.78 is 4.95. The van der Waals surface area contributed by atoms with Crippen molar-refractivity contribution in [3.05, 3.63) is 29.8 Å². The molecule has 0 aliphatic heterocycles. The quantitative estimate of drug-likeness (QED) is 0.846. The van der Waals surface area contributed by atoms with Crippen LogP contribution in [0.1, 0.15) is 5.56 Å². The summed E-state index contributed by atoms with van der Waals surface area (Å²) in [4.78, 5) is 0. The number of halogens is 1. The van der Waals surface area contributed by atoms with Crippen LogP contribution in [0.3, 0.4) is 0 Å². The van der Waals surface area contributed by atoms with Crippen LogP contribution in [0.2, 0.25) is 0 Å². The molecule has 0 saturated carbocycles. The average molecular weight is 263 g/mol. The van der Waals surface area contributed by atoms with Crippen LogP contribution in [-0.2, 0) is 9.67 Å². The Kier molecular flexibility index (Phi) is 3.65. The highest BCUT2D eigenvalue weighted by Crippen LogP contribution is 2.10. The van der Waals surface area contributed by atoms with E-state index in [1.807, 2.05) is 54.3 Å². The predicted molar refractivity (Wildman–Crippen MR) is 54.8 cm³/mol. The fraction of sp³-hybridized carbons (Fsp3) is 0.250. The van der Waals surface area contributed by atoms with Crippen molar-refractivity contribution in [2.24, 2.45) is 0 Å². The third kappa shape index (κ3) is 2.67. The summed E-state index contributed by atoms with van der Waals surface area (Å²) in [5.74, 6) is 0. The second kappa shape index (κ2) is 4.56. The molecule has 0 aliphatic carbocycles. The molecule has 1 aromatic carbocycles. The van der Waals surface area contributed by atoms with Crippen LogP contribution in [-0.4, -0.2) is 7.05 Å². The highest BCUT2D eigenvalue weighted by atomic mass is 127. The van der Waals surface area contributed by atoms with Crippen LogP contribution in [0, 0.1) is 0 Å². The van der Waals surface area contributed by atoms with Gasteiger partial charge in [-0.15, -0.1) is 0 Å². The minimum Gasteiger partial charge on any atom is -0.388 e. The van der Waals surface area contributed by atoms with E-state index in [4.69, 9.17) is 3.07 Å². The number of hydrogen-bond donors (Lipinski definition) is 1. The molecular formula is C8H10INO. The molecule has 1 rings (SSSR count). The van der Waals surface area contributed by atoms with Gasteiger partial charge in [-0.1, -0.05) is 12.1 Å². The van der Waals surface area contributed by atoms with Gasteiger partial charge in [0.05, 0.1) is 6.61 Å². The molecule has 0 fully saturated rings. The Morgan fingerprint density at radius 2 is 2.00 bits per heavy atom. The maximum atomic E-state index is 4.95. The molecule has 0 saturated heterocycles. The van der Waals surface area contributed by atoms with Gasteiger partial charge in [0.1, 0.15) is 23.0 Å². The summed E-state index contributed by atoms with van der Waals surface area (Å²) in [5, 5.41) is 3.05. The van der Waals surface area contributed by atoms with Crippen LogP contribution in [0.25, 0.3) is 0 Å². The zero-order chi connectivity index (χ0) is 8.10. The molecule has 0 atom stereocenters. The first-order valence-electron chi connectivity index (χ1n) is 3.37. The molecule has 2 nitrogen and oxygen atoms in total. The van der Waals surface area contributed by atoms with E-state index in [2.05, 4.69) is 5.32 Å².